The summed E-state index contributed by atoms with van der Waals surface area (Å²) in [5.41, 5.74) is 0. The van der Waals surface area contributed by atoms with Crippen LogP contribution in [-0.2, 0) is 14.6 Å². The number of hydrogen-bond donors (Lipinski definition) is 1. The first-order chi connectivity index (χ1) is 12.1. The van der Waals surface area contributed by atoms with Gasteiger partial charge in [0, 0.05) is 0 Å². The minimum absolute atomic E-state index is 0. The van der Waals surface area contributed by atoms with Crippen molar-refractivity contribution in [1.29, 1.82) is 0 Å². The lowest BCUT2D eigenvalue weighted by Gasteiger charge is -2.07. The van der Waals surface area contributed by atoms with Crippen molar-refractivity contribution < 1.29 is 17.2 Å². The van der Waals surface area contributed by atoms with Crippen molar-refractivity contribution in [2.24, 2.45) is 0 Å². The van der Waals surface area contributed by atoms with Crippen molar-refractivity contribution in [3.05, 3.63) is 0 Å². The fourth-order valence-corrected chi connectivity index (χ4v) is 3.49. The van der Waals surface area contributed by atoms with Gasteiger partial charge in [0.2, 0.25) is 10.4 Å². The molecule has 0 rings (SSSR count). The highest BCUT2D eigenvalue weighted by molar-refractivity contribution is 7.80. The summed E-state index contributed by atoms with van der Waals surface area (Å²) >= 11 is 0. The van der Waals surface area contributed by atoms with E-state index in [1.54, 1.807) is 0 Å². The second-order valence-electron chi connectivity index (χ2n) is 7.24. The topological polar surface area (TPSA) is 103 Å². The van der Waals surface area contributed by atoms with Crippen molar-refractivity contribution in [2.45, 2.75) is 122 Å². The van der Waals surface area contributed by atoms with E-state index in [2.05, 4.69) is 11.1 Å². The Morgan fingerprint density at radius 3 is 1.12 bits per heavy atom. The molecule has 0 spiro atoms. The van der Waals surface area contributed by atoms with Crippen LogP contribution in [-0.4, -0.2) is 19.6 Å². The first-order valence-electron chi connectivity index (χ1n) is 10.7. The van der Waals surface area contributed by atoms with E-state index in [4.69, 9.17) is 0 Å². The summed E-state index contributed by atoms with van der Waals surface area (Å²) in [6, 6.07) is 0. The lowest BCUT2D eigenvalue weighted by molar-refractivity contribution is 0.255. The molecule has 4 N–H and O–H groups in total. The van der Waals surface area contributed by atoms with Gasteiger partial charge in [-0.1, -0.05) is 116 Å². The van der Waals surface area contributed by atoms with Crippen LogP contribution in [0.25, 0.3) is 0 Å². The van der Waals surface area contributed by atoms with Crippen LogP contribution in [0, 0.1) is 0 Å². The van der Waals surface area contributed by atoms with Gasteiger partial charge < -0.3 is 10.7 Å². The van der Waals surface area contributed by atoms with Gasteiger partial charge in [-0.2, -0.15) is 0 Å². The molecule has 0 fully saturated rings. The van der Waals surface area contributed by atoms with Crippen molar-refractivity contribution >= 4 is 10.4 Å². The summed E-state index contributed by atoms with van der Waals surface area (Å²) in [7, 11) is -4.50. The van der Waals surface area contributed by atoms with Crippen molar-refractivity contribution in [2.75, 3.05) is 6.61 Å². The number of hydrogen-bond acceptors (Lipinski definition) is 4. The molecule has 0 aromatic rings. The Labute approximate surface area is 163 Å². The molecule has 0 saturated heterocycles. The van der Waals surface area contributed by atoms with Gasteiger partial charge in [0.25, 0.3) is 0 Å². The van der Waals surface area contributed by atoms with Crippen LogP contribution < -0.4 is 6.15 Å². The van der Waals surface area contributed by atoms with E-state index in [0.717, 1.165) is 12.8 Å². The Morgan fingerprint density at radius 2 is 0.846 bits per heavy atom. The van der Waals surface area contributed by atoms with Crippen molar-refractivity contribution in [3.63, 3.8) is 0 Å². The molecule has 5 nitrogen and oxygen atoms in total. The van der Waals surface area contributed by atoms with Gasteiger partial charge in [0.1, 0.15) is 0 Å². The lowest BCUT2D eigenvalue weighted by Crippen LogP contribution is -2.05. The molecule has 26 heavy (non-hydrogen) atoms. The summed E-state index contributed by atoms with van der Waals surface area (Å²) in [5.74, 6) is 0. The maximum atomic E-state index is 10.2. The highest BCUT2D eigenvalue weighted by atomic mass is 32.3. The summed E-state index contributed by atoms with van der Waals surface area (Å²) < 4.78 is 34.9. The van der Waals surface area contributed by atoms with Gasteiger partial charge in [-0.3, -0.25) is 4.18 Å². The normalized spacial score (nSPS) is 11.5. The summed E-state index contributed by atoms with van der Waals surface area (Å²) in [6.07, 6.45) is 23.2. The first-order valence-corrected chi connectivity index (χ1v) is 12.0. The molecular weight excluding hydrogens is 350 g/mol. The Balaban J connectivity index is 0. The molecule has 0 aliphatic rings. The smallest absolute Gasteiger partial charge is 0.217 e. The lowest BCUT2D eigenvalue weighted by atomic mass is 10.0. The van der Waals surface area contributed by atoms with Gasteiger partial charge >= 0.3 is 0 Å². The zero-order valence-corrected chi connectivity index (χ0v) is 18.3. The molecule has 0 saturated carbocycles. The van der Waals surface area contributed by atoms with E-state index in [1.807, 2.05) is 0 Å². The van der Waals surface area contributed by atoms with E-state index >= 15 is 0 Å². The Morgan fingerprint density at radius 1 is 0.577 bits per heavy atom. The molecule has 6 heteroatoms. The van der Waals surface area contributed by atoms with Crippen LogP contribution in [0.1, 0.15) is 122 Å². The zero-order chi connectivity index (χ0) is 18.6. The molecule has 0 atom stereocenters. The Hall–Kier alpha value is -0.170. The zero-order valence-electron chi connectivity index (χ0n) is 17.5. The van der Waals surface area contributed by atoms with Gasteiger partial charge in [0.05, 0.1) is 6.61 Å². The minimum Gasteiger partial charge on any atom is -0.726 e. The minimum atomic E-state index is -4.50. The average Bonchev–Trinajstić information content (AvgIpc) is 2.56. The third kappa shape index (κ3) is 26.1. The maximum absolute atomic E-state index is 10.2. The number of rotatable bonds is 20. The Bertz CT molecular complexity index is 361. The molecule has 0 aliphatic heterocycles. The molecule has 0 unspecified atom stereocenters. The van der Waals surface area contributed by atoms with Crippen LogP contribution in [0.5, 0.6) is 0 Å². The molecule has 0 amide bonds. The molecule has 160 valence electrons. The van der Waals surface area contributed by atoms with E-state index < -0.39 is 10.4 Å². The van der Waals surface area contributed by atoms with Crippen LogP contribution in [0.15, 0.2) is 0 Å². The number of unbranched alkanes of at least 4 members (excludes halogenated alkanes) is 17. The highest BCUT2D eigenvalue weighted by Crippen LogP contribution is 2.14. The van der Waals surface area contributed by atoms with Crippen LogP contribution >= 0.6 is 0 Å². The molecule has 0 heterocycles. The molecule has 0 bridgehead atoms. The third-order valence-electron chi connectivity index (χ3n) is 4.73. The first kappa shape index (κ1) is 28.0. The van der Waals surface area contributed by atoms with Crippen LogP contribution in [0.2, 0.25) is 0 Å². The van der Waals surface area contributed by atoms with Crippen LogP contribution in [0.3, 0.4) is 0 Å². The SMILES string of the molecule is CCCCCCCCCCCCCCCCCCCCOS(=O)(=O)[O-].[NH4+]. The summed E-state index contributed by atoms with van der Waals surface area (Å²) in [5, 5.41) is 0. The van der Waals surface area contributed by atoms with Crippen LogP contribution in [0.4, 0.5) is 0 Å². The highest BCUT2D eigenvalue weighted by Gasteiger charge is 1.96. The standard InChI is InChI=1S/C20H42O4S.H3N/c1-2-3-4-5-6-7-8-9-10-11-12-13-14-15-16-17-18-19-20-24-25(21,22)23;/h2-20H2,1H3,(H,21,22,23);1H3. The fourth-order valence-electron chi connectivity index (χ4n) is 3.16. The average molecular weight is 396 g/mol. The van der Waals surface area contributed by atoms with Gasteiger partial charge in [-0.05, 0) is 6.42 Å². The largest absolute Gasteiger partial charge is 0.726 e. The second-order valence-corrected chi connectivity index (χ2v) is 8.29. The summed E-state index contributed by atoms with van der Waals surface area (Å²) in [4.78, 5) is 0. The van der Waals surface area contributed by atoms with E-state index in [0.29, 0.717) is 6.42 Å². The number of quaternary nitrogens is 1. The van der Waals surface area contributed by atoms with E-state index in [9.17, 15) is 13.0 Å². The van der Waals surface area contributed by atoms with E-state index in [1.165, 1.54) is 96.3 Å². The molecule has 0 aromatic carbocycles. The van der Waals surface area contributed by atoms with Gasteiger partial charge in [0.15, 0.2) is 0 Å². The summed E-state index contributed by atoms with van der Waals surface area (Å²) in [6.45, 7) is 2.30. The van der Waals surface area contributed by atoms with Gasteiger partial charge in [-0.15, -0.1) is 0 Å². The molecule has 0 radical (unpaired) electrons. The maximum Gasteiger partial charge on any atom is 0.217 e. The molecule has 0 aliphatic carbocycles. The molecular formula is C20H45NO4S. The Kier molecular flexibility index (Phi) is 22.8. The quantitative estimate of drug-likeness (QED) is 0.138. The third-order valence-corrected chi connectivity index (χ3v) is 5.18. The monoisotopic (exact) mass is 395 g/mol. The predicted molar refractivity (Wildman–Crippen MR) is 110 cm³/mol. The van der Waals surface area contributed by atoms with Gasteiger partial charge in [-0.25, -0.2) is 8.42 Å². The predicted octanol–water partition coefficient (Wildman–Crippen LogP) is 6.88. The van der Waals surface area contributed by atoms with Crippen molar-refractivity contribution in [1.82, 2.24) is 6.15 Å². The van der Waals surface area contributed by atoms with E-state index in [-0.39, 0.29) is 12.8 Å². The second kappa shape index (κ2) is 21.1. The molecule has 0 aromatic heterocycles. The van der Waals surface area contributed by atoms with Crippen molar-refractivity contribution in [3.8, 4) is 0 Å². The fraction of sp³-hybridized carbons (Fsp3) is 1.00.